The van der Waals surface area contributed by atoms with Gasteiger partial charge in [-0.2, -0.15) is 0 Å². The first-order chi connectivity index (χ1) is 15.6. The molecule has 0 radical (unpaired) electrons. The van der Waals surface area contributed by atoms with Crippen LogP contribution in [0.1, 0.15) is 43.7 Å². The van der Waals surface area contributed by atoms with E-state index in [1.165, 1.54) is 5.56 Å². The molecule has 1 aliphatic carbocycles. The number of hydrogen-bond acceptors (Lipinski definition) is 3. The Morgan fingerprint density at radius 1 is 1.09 bits per heavy atom. The molecule has 4 rings (SSSR count). The van der Waals surface area contributed by atoms with Gasteiger partial charge in [0.15, 0.2) is 5.96 Å². The molecule has 0 aromatic heterocycles. The van der Waals surface area contributed by atoms with E-state index >= 15 is 0 Å². The van der Waals surface area contributed by atoms with Gasteiger partial charge in [-0.25, -0.2) is 0 Å². The lowest BCUT2D eigenvalue weighted by Gasteiger charge is -2.24. The normalized spacial score (nSPS) is 21.1. The number of nitrogens with one attached hydrogen (secondary N) is 3. The summed E-state index contributed by atoms with van der Waals surface area (Å²) in [6.45, 7) is 4.93. The van der Waals surface area contributed by atoms with E-state index in [0.717, 1.165) is 56.0 Å². The number of carbonyl (C=O) groups is 1. The van der Waals surface area contributed by atoms with E-state index in [1.807, 2.05) is 25.2 Å². The van der Waals surface area contributed by atoms with Crippen LogP contribution in [0, 0.1) is 5.92 Å². The number of rotatable bonds is 7. The third-order valence-electron chi connectivity index (χ3n) is 6.63. The minimum atomic E-state index is 0. The molecule has 2 aliphatic rings. The molecule has 0 spiro atoms. The Hall–Kier alpha value is -2.13. The van der Waals surface area contributed by atoms with E-state index in [4.69, 9.17) is 0 Å². The van der Waals surface area contributed by atoms with Gasteiger partial charge in [0.25, 0.3) is 0 Å². The lowest BCUT2D eigenvalue weighted by molar-refractivity contribution is -0.122. The Balaban J connectivity index is 0.00000306. The first-order valence-electron chi connectivity index (χ1n) is 11.8. The summed E-state index contributed by atoms with van der Waals surface area (Å²) in [5, 5.41) is 10.1. The zero-order chi connectivity index (χ0) is 22.3. The average Bonchev–Trinajstić information content (AvgIpc) is 3.09. The topological polar surface area (TPSA) is 68.8 Å². The molecule has 0 bridgehead atoms. The second kappa shape index (κ2) is 12.4. The van der Waals surface area contributed by atoms with Crippen LogP contribution in [0.4, 0.5) is 5.69 Å². The van der Waals surface area contributed by atoms with Gasteiger partial charge >= 0.3 is 0 Å². The van der Waals surface area contributed by atoms with Gasteiger partial charge in [0.05, 0.1) is 0 Å². The molecule has 2 aromatic carbocycles. The molecule has 2 atom stereocenters. The summed E-state index contributed by atoms with van der Waals surface area (Å²) in [7, 11) is 1.81. The Labute approximate surface area is 214 Å². The quantitative estimate of drug-likeness (QED) is 0.267. The predicted molar refractivity (Wildman–Crippen MR) is 146 cm³/mol. The van der Waals surface area contributed by atoms with E-state index in [2.05, 4.69) is 69.2 Å². The summed E-state index contributed by atoms with van der Waals surface area (Å²) in [5.41, 5.74) is 3.34. The maximum Gasteiger partial charge on any atom is 0.227 e. The molecule has 2 aromatic rings. The van der Waals surface area contributed by atoms with Gasteiger partial charge in [0, 0.05) is 50.4 Å². The van der Waals surface area contributed by atoms with Crippen molar-refractivity contribution in [3.63, 3.8) is 0 Å². The summed E-state index contributed by atoms with van der Waals surface area (Å²) >= 11 is 0. The second-order valence-electron chi connectivity index (χ2n) is 9.08. The number of anilines is 1. The smallest absolute Gasteiger partial charge is 0.227 e. The van der Waals surface area contributed by atoms with E-state index in [9.17, 15) is 4.79 Å². The summed E-state index contributed by atoms with van der Waals surface area (Å²) in [5.74, 6) is 1.15. The monoisotopic (exact) mass is 561 g/mol. The van der Waals surface area contributed by atoms with Crippen LogP contribution in [0.2, 0.25) is 0 Å². The van der Waals surface area contributed by atoms with Gasteiger partial charge in [0.1, 0.15) is 0 Å². The molecule has 3 N–H and O–H groups in total. The summed E-state index contributed by atoms with van der Waals surface area (Å²) in [4.78, 5) is 19.2. The number of amides is 1. The molecule has 33 heavy (non-hydrogen) atoms. The zero-order valence-corrected chi connectivity index (χ0v) is 21.9. The maximum absolute atomic E-state index is 12.2. The molecular formula is C26H36IN5O. The molecule has 178 valence electrons. The third kappa shape index (κ3) is 7.17. The van der Waals surface area contributed by atoms with Crippen molar-refractivity contribution in [1.82, 2.24) is 15.5 Å². The standard InChI is InChI=1S/C26H35N5O.HI/c1-19-14-24(18-31(19)17-20-8-4-3-5-9-20)30-26(27-2)28-16-21-10-6-13-23(15-21)29-25(32)22-11-7-12-22;/h3-6,8-10,13,15,19,22,24H,7,11-12,14,16-18H2,1-2H3,(H,29,32)(H2,27,28,30);1H. The Kier molecular flexibility index (Phi) is 9.55. The average molecular weight is 562 g/mol. The molecule has 7 heteroatoms. The van der Waals surface area contributed by atoms with Crippen molar-refractivity contribution in [2.24, 2.45) is 10.9 Å². The van der Waals surface area contributed by atoms with Gasteiger partial charge < -0.3 is 16.0 Å². The molecule has 2 unspecified atom stereocenters. The van der Waals surface area contributed by atoms with E-state index in [0.29, 0.717) is 18.6 Å². The Bertz CT molecular complexity index is 931. The van der Waals surface area contributed by atoms with Gasteiger partial charge in [-0.15, -0.1) is 24.0 Å². The van der Waals surface area contributed by atoms with E-state index in [1.54, 1.807) is 0 Å². The number of benzene rings is 2. The van der Waals surface area contributed by atoms with Crippen molar-refractivity contribution in [2.75, 3.05) is 18.9 Å². The largest absolute Gasteiger partial charge is 0.352 e. The summed E-state index contributed by atoms with van der Waals surface area (Å²) in [6, 6.07) is 19.6. The Morgan fingerprint density at radius 2 is 1.85 bits per heavy atom. The van der Waals surface area contributed by atoms with Crippen LogP contribution < -0.4 is 16.0 Å². The molecule has 1 aliphatic heterocycles. The zero-order valence-electron chi connectivity index (χ0n) is 19.6. The van der Waals surface area contributed by atoms with E-state index in [-0.39, 0.29) is 35.8 Å². The van der Waals surface area contributed by atoms with Crippen LogP contribution in [-0.4, -0.2) is 42.4 Å². The first kappa shape index (κ1) is 25.5. The lowest BCUT2D eigenvalue weighted by Crippen LogP contribution is -2.44. The SMILES string of the molecule is CN=C(NCc1cccc(NC(=O)C2CCC2)c1)NC1CC(C)N(Cc2ccccc2)C1.I. The van der Waals surface area contributed by atoms with Gasteiger partial charge in [-0.05, 0) is 49.4 Å². The number of carbonyl (C=O) groups excluding carboxylic acids is 1. The van der Waals surface area contributed by atoms with Crippen molar-refractivity contribution in [2.45, 2.75) is 57.8 Å². The molecule has 2 fully saturated rings. The van der Waals surface area contributed by atoms with Crippen LogP contribution in [-0.2, 0) is 17.9 Å². The maximum atomic E-state index is 12.2. The molecule has 1 saturated heterocycles. The highest BCUT2D eigenvalue weighted by Gasteiger charge is 2.29. The highest BCUT2D eigenvalue weighted by molar-refractivity contribution is 14.0. The molecule has 1 saturated carbocycles. The predicted octanol–water partition coefficient (Wildman–Crippen LogP) is 4.37. The first-order valence-corrected chi connectivity index (χ1v) is 11.8. The number of hydrogen-bond donors (Lipinski definition) is 3. The van der Waals surface area contributed by atoms with Crippen molar-refractivity contribution in [3.05, 3.63) is 65.7 Å². The lowest BCUT2D eigenvalue weighted by atomic mass is 9.85. The fourth-order valence-corrected chi connectivity index (χ4v) is 4.49. The van der Waals surface area contributed by atoms with Gasteiger partial charge in [-0.1, -0.05) is 48.9 Å². The van der Waals surface area contributed by atoms with Crippen LogP contribution in [0.3, 0.4) is 0 Å². The van der Waals surface area contributed by atoms with Crippen LogP contribution >= 0.6 is 24.0 Å². The summed E-state index contributed by atoms with van der Waals surface area (Å²) in [6.07, 6.45) is 4.28. The Morgan fingerprint density at radius 3 is 2.55 bits per heavy atom. The van der Waals surface area contributed by atoms with Crippen molar-refractivity contribution < 1.29 is 4.79 Å². The van der Waals surface area contributed by atoms with Crippen LogP contribution in [0.15, 0.2) is 59.6 Å². The van der Waals surface area contributed by atoms with Crippen molar-refractivity contribution >= 4 is 41.5 Å². The minimum absolute atomic E-state index is 0. The highest BCUT2D eigenvalue weighted by Crippen LogP contribution is 2.27. The third-order valence-corrected chi connectivity index (χ3v) is 6.63. The van der Waals surface area contributed by atoms with Crippen molar-refractivity contribution in [3.8, 4) is 0 Å². The van der Waals surface area contributed by atoms with Gasteiger partial charge in [-0.3, -0.25) is 14.7 Å². The fourth-order valence-electron chi connectivity index (χ4n) is 4.49. The molecule has 1 heterocycles. The highest BCUT2D eigenvalue weighted by atomic mass is 127. The minimum Gasteiger partial charge on any atom is -0.352 e. The number of aliphatic imine (C=N–C) groups is 1. The number of likely N-dealkylation sites (tertiary alicyclic amines) is 1. The molecule has 6 nitrogen and oxygen atoms in total. The van der Waals surface area contributed by atoms with Crippen LogP contribution in [0.5, 0.6) is 0 Å². The number of halogens is 1. The number of guanidine groups is 1. The fraction of sp³-hybridized carbons (Fsp3) is 0.462. The summed E-state index contributed by atoms with van der Waals surface area (Å²) < 4.78 is 0. The second-order valence-corrected chi connectivity index (χ2v) is 9.08. The molecule has 1 amide bonds. The van der Waals surface area contributed by atoms with Crippen LogP contribution in [0.25, 0.3) is 0 Å². The molecular weight excluding hydrogens is 525 g/mol. The van der Waals surface area contributed by atoms with E-state index < -0.39 is 0 Å². The van der Waals surface area contributed by atoms with Gasteiger partial charge in [0.2, 0.25) is 5.91 Å². The number of nitrogens with zero attached hydrogens (tertiary/aromatic N) is 2. The van der Waals surface area contributed by atoms with Crippen molar-refractivity contribution in [1.29, 1.82) is 0 Å².